The molecular formula is C13H17NO3S. The first-order chi connectivity index (χ1) is 8.49. The lowest BCUT2D eigenvalue weighted by atomic mass is 10.1. The van der Waals surface area contributed by atoms with Gasteiger partial charge in [0.05, 0.1) is 6.54 Å². The monoisotopic (exact) mass is 267 g/mol. The van der Waals surface area contributed by atoms with Crippen LogP contribution in [0.15, 0.2) is 17.5 Å². The Hall–Kier alpha value is -1.62. The molecule has 0 atom stereocenters. The van der Waals surface area contributed by atoms with E-state index in [4.69, 9.17) is 5.11 Å². The fraction of sp³-hybridized carbons (Fsp3) is 0.385. The Bertz CT molecular complexity index is 449. The Kier molecular flexibility index (Phi) is 5.58. The maximum absolute atomic E-state index is 11.5. The van der Waals surface area contributed by atoms with Gasteiger partial charge < -0.3 is 10.4 Å². The zero-order valence-corrected chi connectivity index (χ0v) is 11.3. The molecular weight excluding hydrogens is 250 g/mol. The normalized spacial score (nSPS) is 11.1. The third-order valence-corrected chi connectivity index (χ3v) is 3.16. The summed E-state index contributed by atoms with van der Waals surface area (Å²) in [6, 6.07) is 1.84. The van der Waals surface area contributed by atoms with Gasteiger partial charge in [0.2, 0.25) is 5.91 Å². The van der Waals surface area contributed by atoms with Crippen molar-refractivity contribution in [1.29, 1.82) is 0 Å². The number of aliphatic carboxylic acids is 1. The third-order valence-electron chi connectivity index (χ3n) is 2.23. The summed E-state index contributed by atoms with van der Waals surface area (Å²) in [5.41, 5.74) is 0.840. The van der Waals surface area contributed by atoms with Crippen LogP contribution in [0.5, 0.6) is 0 Å². The summed E-state index contributed by atoms with van der Waals surface area (Å²) in [6.45, 7) is 4.43. The van der Waals surface area contributed by atoms with Crippen molar-refractivity contribution in [1.82, 2.24) is 5.32 Å². The van der Waals surface area contributed by atoms with Gasteiger partial charge in [0, 0.05) is 17.4 Å². The number of hydrogen-bond donors (Lipinski definition) is 2. The van der Waals surface area contributed by atoms with E-state index in [1.165, 1.54) is 11.3 Å². The summed E-state index contributed by atoms with van der Waals surface area (Å²) in [7, 11) is 0. The lowest BCUT2D eigenvalue weighted by Crippen LogP contribution is -2.23. The summed E-state index contributed by atoms with van der Waals surface area (Å²) in [4.78, 5) is 22.9. The third kappa shape index (κ3) is 5.14. The van der Waals surface area contributed by atoms with Gasteiger partial charge in [0.25, 0.3) is 0 Å². The topological polar surface area (TPSA) is 66.4 Å². The van der Waals surface area contributed by atoms with Crippen molar-refractivity contribution < 1.29 is 14.7 Å². The number of nitrogens with one attached hydrogen (secondary N) is 1. The van der Waals surface area contributed by atoms with Crippen LogP contribution in [-0.4, -0.2) is 17.0 Å². The molecule has 0 spiro atoms. The lowest BCUT2D eigenvalue weighted by Gasteiger charge is -2.06. The quantitative estimate of drug-likeness (QED) is 0.778. The van der Waals surface area contributed by atoms with E-state index in [9.17, 15) is 9.59 Å². The van der Waals surface area contributed by atoms with Gasteiger partial charge in [-0.05, 0) is 29.0 Å². The van der Waals surface area contributed by atoms with E-state index >= 15 is 0 Å². The minimum Gasteiger partial charge on any atom is -0.478 e. The van der Waals surface area contributed by atoms with Gasteiger partial charge in [-0.3, -0.25) is 4.79 Å². The van der Waals surface area contributed by atoms with E-state index in [0.717, 1.165) is 16.5 Å². The van der Waals surface area contributed by atoms with Crippen molar-refractivity contribution in [2.45, 2.75) is 26.8 Å². The number of carbonyl (C=O) groups is 2. The Labute approximate surface area is 110 Å². The molecule has 1 heterocycles. The van der Waals surface area contributed by atoms with Crippen molar-refractivity contribution >= 4 is 29.3 Å². The number of carboxylic acid groups (broad SMARTS) is 1. The molecule has 0 saturated heterocycles. The van der Waals surface area contributed by atoms with Crippen LogP contribution in [0.2, 0.25) is 0 Å². The molecule has 0 aromatic carbocycles. The highest BCUT2D eigenvalue weighted by molar-refractivity contribution is 7.10. The predicted octanol–water partition coefficient (Wildman–Crippen LogP) is 2.51. The molecule has 0 aliphatic rings. The van der Waals surface area contributed by atoms with Gasteiger partial charge in [-0.25, -0.2) is 4.79 Å². The molecule has 0 bridgehead atoms. The maximum atomic E-state index is 11.5. The van der Waals surface area contributed by atoms with Crippen LogP contribution in [-0.2, 0) is 16.1 Å². The molecule has 0 fully saturated rings. The number of hydrogen-bond acceptors (Lipinski definition) is 3. The van der Waals surface area contributed by atoms with Gasteiger partial charge in [-0.1, -0.05) is 13.8 Å². The zero-order chi connectivity index (χ0) is 13.5. The first kappa shape index (κ1) is 14.4. The summed E-state index contributed by atoms with van der Waals surface area (Å²) in [6.07, 6.45) is 3.15. The van der Waals surface area contributed by atoms with E-state index in [1.54, 1.807) is 6.08 Å². The van der Waals surface area contributed by atoms with Crippen LogP contribution in [0.25, 0.3) is 6.08 Å². The summed E-state index contributed by atoms with van der Waals surface area (Å²) in [5, 5.41) is 13.3. The van der Waals surface area contributed by atoms with E-state index < -0.39 is 5.97 Å². The molecule has 5 heteroatoms. The fourth-order valence-corrected chi connectivity index (χ4v) is 2.23. The molecule has 0 radical (unpaired) electrons. The molecule has 4 nitrogen and oxygen atoms in total. The average Bonchev–Trinajstić information content (AvgIpc) is 2.70. The largest absolute Gasteiger partial charge is 0.478 e. The van der Waals surface area contributed by atoms with E-state index in [2.05, 4.69) is 5.32 Å². The Morgan fingerprint density at radius 2 is 2.22 bits per heavy atom. The maximum Gasteiger partial charge on any atom is 0.328 e. The first-order valence-corrected chi connectivity index (χ1v) is 6.61. The molecule has 98 valence electrons. The van der Waals surface area contributed by atoms with Crippen LogP contribution < -0.4 is 5.32 Å². The van der Waals surface area contributed by atoms with Crippen molar-refractivity contribution in [3.8, 4) is 0 Å². The highest BCUT2D eigenvalue weighted by atomic mass is 32.1. The molecule has 0 aliphatic carbocycles. The number of carbonyl (C=O) groups excluding carboxylic acids is 1. The molecule has 1 aromatic rings. The summed E-state index contributed by atoms with van der Waals surface area (Å²) in [5.74, 6) is -0.623. The Balaban J connectivity index is 2.55. The predicted molar refractivity (Wildman–Crippen MR) is 72.3 cm³/mol. The van der Waals surface area contributed by atoms with Crippen molar-refractivity contribution in [2.24, 2.45) is 5.92 Å². The van der Waals surface area contributed by atoms with Crippen LogP contribution in [0.1, 0.15) is 30.7 Å². The van der Waals surface area contributed by atoms with Gasteiger partial charge in [-0.2, -0.15) is 0 Å². The van der Waals surface area contributed by atoms with Gasteiger partial charge in [0.1, 0.15) is 0 Å². The minimum absolute atomic E-state index is 0.0200. The second kappa shape index (κ2) is 6.96. The molecule has 1 aromatic heterocycles. The average molecular weight is 267 g/mol. The zero-order valence-electron chi connectivity index (χ0n) is 10.5. The first-order valence-electron chi connectivity index (χ1n) is 5.73. The van der Waals surface area contributed by atoms with Crippen molar-refractivity contribution in [3.05, 3.63) is 28.0 Å². The van der Waals surface area contributed by atoms with E-state index in [0.29, 0.717) is 18.9 Å². The number of rotatable bonds is 6. The molecule has 1 amide bonds. The van der Waals surface area contributed by atoms with Gasteiger partial charge in [-0.15, -0.1) is 11.3 Å². The molecule has 1 rings (SSSR count). The smallest absolute Gasteiger partial charge is 0.328 e. The number of carboxylic acids is 1. The lowest BCUT2D eigenvalue weighted by molar-refractivity contribution is -0.131. The highest BCUT2D eigenvalue weighted by Gasteiger charge is 2.07. The van der Waals surface area contributed by atoms with Crippen LogP contribution in [0.3, 0.4) is 0 Å². The fourth-order valence-electron chi connectivity index (χ4n) is 1.43. The molecule has 0 saturated carbocycles. The van der Waals surface area contributed by atoms with E-state index in [-0.39, 0.29) is 5.91 Å². The Morgan fingerprint density at radius 1 is 1.50 bits per heavy atom. The summed E-state index contributed by atoms with van der Waals surface area (Å²) >= 11 is 1.50. The van der Waals surface area contributed by atoms with Crippen molar-refractivity contribution in [3.63, 3.8) is 0 Å². The molecule has 0 unspecified atom stereocenters. The van der Waals surface area contributed by atoms with Crippen molar-refractivity contribution in [2.75, 3.05) is 0 Å². The summed E-state index contributed by atoms with van der Waals surface area (Å²) < 4.78 is 0. The highest BCUT2D eigenvalue weighted by Crippen LogP contribution is 2.18. The molecule has 0 aliphatic heterocycles. The van der Waals surface area contributed by atoms with Gasteiger partial charge >= 0.3 is 5.97 Å². The Morgan fingerprint density at radius 3 is 2.83 bits per heavy atom. The van der Waals surface area contributed by atoms with Gasteiger partial charge in [0.15, 0.2) is 0 Å². The SMILES string of the molecule is CC(C)CC(=O)NCc1sccc1C=CC(=O)O. The second-order valence-corrected chi connectivity index (χ2v) is 5.35. The standard InChI is InChI=1S/C13H17NO3S/c1-9(2)7-12(15)14-8-11-10(5-6-18-11)3-4-13(16)17/h3-6,9H,7-8H2,1-2H3,(H,14,15)(H,16,17). The van der Waals surface area contributed by atoms with E-state index in [1.807, 2.05) is 25.3 Å². The second-order valence-electron chi connectivity index (χ2n) is 4.35. The van der Waals surface area contributed by atoms with Crippen LogP contribution in [0.4, 0.5) is 0 Å². The minimum atomic E-state index is -0.976. The molecule has 18 heavy (non-hydrogen) atoms. The number of thiophene rings is 1. The van der Waals surface area contributed by atoms with Crippen LogP contribution >= 0.6 is 11.3 Å². The molecule has 2 N–H and O–H groups in total. The van der Waals surface area contributed by atoms with Crippen LogP contribution in [0, 0.1) is 5.92 Å². The number of amides is 1.